The van der Waals surface area contributed by atoms with Gasteiger partial charge in [0.05, 0.1) is 12.8 Å². The van der Waals surface area contributed by atoms with Crippen LogP contribution in [0.1, 0.15) is 5.56 Å². The Labute approximate surface area is 98.3 Å². The highest BCUT2D eigenvalue weighted by molar-refractivity contribution is 6.31. The molecule has 0 atom stereocenters. The van der Waals surface area contributed by atoms with Gasteiger partial charge < -0.3 is 9.84 Å². The molecule has 0 radical (unpaired) electrons. The van der Waals surface area contributed by atoms with Gasteiger partial charge in [0.15, 0.2) is 0 Å². The second-order valence-corrected chi connectivity index (χ2v) is 3.61. The summed E-state index contributed by atoms with van der Waals surface area (Å²) >= 11 is 5.94. The van der Waals surface area contributed by atoms with Crippen LogP contribution >= 0.6 is 11.6 Å². The zero-order chi connectivity index (χ0) is 11.4. The Hall–Kier alpha value is -1.58. The van der Waals surface area contributed by atoms with E-state index >= 15 is 0 Å². The summed E-state index contributed by atoms with van der Waals surface area (Å²) in [6.07, 6.45) is 3.29. The SMILES string of the molecule is OCc1ccc(Oc2cccnc2)cc1Cl. The second kappa shape index (κ2) is 4.96. The average Bonchev–Trinajstić information content (AvgIpc) is 2.31. The summed E-state index contributed by atoms with van der Waals surface area (Å²) < 4.78 is 5.53. The van der Waals surface area contributed by atoms with Crippen LogP contribution in [0.5, 0.6) is 11.5 Å². The molecule has 0 aliphatic carbocycles. The highest BCUT2D eigenvalue weighted by atomic mass is 35.5. The first-order chi connectivity index (χ1) is 7.79. The molecular weight excluding hydrogens is 226 g/mol. The number of hydrogen-bond acceptors (Lipinski definition) is 3. The molecule has 82 valence electrons. The summed E-state index contributed by atoms with van der Waals surface area (Å²) in [7, 11) is 0. The smallest absolute Gasteiger partial charge is 0.145 e. The third-order valence-corrected chi connectivity index (χ3v) is 2.42. The molecule has 0 unspecified atom stereocenters. The van der Waals surface area contributed by atoms with E-state index in [9.17, 15) is 0 Å². The Kier molecular flexibility index (Phi) is 3.39. The first-order valence-electron chi connectivity index (χ1n) is 4.77. The van der Waals surface area contributed by atoms with Gasteiger partial charge in [0.25, 0.3) is 0 Å². The van der Waals surface area contributed by atoms with E-state index in [1.807, 2.05) is 0 Å². The molecule has 1 heterocycles. The molecule has 16 heavy (non-hydrogen) atoms. The lowest BCUT2D eigenvalue weighted by Crippen LogP contribution is -1.88. The third kappa shape index (κ3) is 2.51. The maximum atomic E-state index is 8.96. The molecule has 1 N–H and O–H groups in total. The summed E-state index contributed by atoms with van der Waals surface area (Å²) in [6.45, 7) is -0.0774. The number of aromatic nitrogens is 1. The van der Waals surface area contributed by atoms with Crippen LogP contribution in [0.4, 0.5) is 0 Å². The number of pyridine rings is 1. The van der Waals surface area contributed by atoms with Crippen LogP contribution in [0.3, 0.4) is 0 Å². The lowest BCUT2D eigenvalue weighted by atomic mass is 10.2. The van der Waals surface area contributed by atoms with Crippen molar-refractivity contribution in [3.05, 3.63) is 53.3 Å². The van der Waals surface area contributed by atoms with Gasteiger partial charge in [-0.25, -0.2) is 0 Å². The van der Waals surface area contributed by atoms with Crippen molar-refractivity contribution in [1.29, 1.82) is 0 Å². The molecule has 2 aromatic rings. The number of rotatable bonds is 3. The Morgan fingerprint density at radius 3 is 2.75 bits per heavy atom. The van der Waals surface area contributed by atoms with Crippen LogP contribution in [-0.2, 0) is 6.61 Å². The number of aliphatic hydroxyl groups excluding tert-OH is 1. The molecule has 1 aromatic heterocycles. The van der Waals surface area contributed by atoms with Gasteiger partial charge in [0.2, 0.25) is 0 Å². The van der Waals surface area contributed by atoms with Crippen LogP contribution in [0.2, 0.25) is 5.02 Å². The van der Waals surface area contributed by atoms with Gasteiger partial charge in [-0.2, -0.15) is 0 Å². The zero-order valence-electron chi connectivity index (χ0n) is 8.43. The van der Waals surface area contributed by atoms with E-state index in [0.29, 0.717) is 22.1 Å². The predicted octanol–water partition coefficient (Wildman–Crippen LogP) is 3.02. The molecule has 0 saturated heterocycles. The largest absolute Gasteiger partial charge is 0.456 e. The van der Waals surface area contributed by atoms with Gasteiger partial charge in [-0.15, -0.1) is 0 Å². The molecular formula is C12H10ClNO2. The number of nitrogens with zero attached hydrogens (tertiary/aromatic N) is 1. The van der Waals surface area contributed by atoms with Crippen molar-refractivity contribution >= 4 is 11.6 Å². The molecule has 0 aliphatic rings. The standard InChI is InChI=1S/C12H10ClNO2/c13-12-6-10(4-3-9(12)8-15)16-11-2-1-5-14-7-11/h1-7,15H,8H2. The van der Waals surface area contributed by atoms with Gasteiger partial charge in [-0.1, -0.05) is 17.7 Å². The average molecular weight is 236 g/mol. The van der Waals surface area contributed by atoms with Gasteiger partial charge in [-0.05, 0) is 29.8 Å². The van der Waals surface area contributed by atoms with Crippen molar-refractivity contribution in [2.45, 2.75) is 6.61 Å². The number of benzene rings is 1. The van der Waals surface area contributed by atoms with E-state index in [1.165, 1.54) is 0 Å². The molecule has 2 rings (SSSR count). The minimum atomic E-state index is -0.0774. The van der Waals surface area contributed by atoms with E-state index < -0.39 is 0 Å². The molecule has 1 aromatic carbocycles. The van der Waals surface area contributed by atoms with Crippen LogP contribution < -0.4 is 4.74 Å². The Morgan fingerprint density at radius 1 is 1.25 bits per heavy atom. The minimum absolute atomic E-state index is 0.0774. The fourth-order valence-electron chi connectivity index (χ4n) is 1.26. The topological polar surface area (TPSA) is 42.4 Å². The Morgan fingerprint density at radius 2 is 2.12 bits per heavy atom. The molecule has 0 spiro atoms. The lowest BCUT2D eigenvalue weighted by molar-refractivity contribution is 0.282. The molecule has 4 heteroatoms. The summed E-state index contributed by atoms with van der Waals surface area (Å²) in [5, 5.41) is 9.45. The molecule has 3 nitrogen and oxygen atoms in total. The van der Waals surface area contributed by atoms with Gasteiger partial charge in [0, 0.05) is 11.2 Å². The van der Waals surface area contributed by atoms with Gasteiger partial charge in [-0.3, -0.25) is 4.98 Å². The maximum absolute atomic E-state index is 8.96. The summed E-state index contributed by atoms with van der Waals surface area (Å²) in [6, 6.07) is 8.75. The number of ether oxygens (including phenoxy) is 1. The molecule has 0 fully saturated rings. The van der Waals surface area contributed by atoms with Crippen LogP contribution in [-0.4, -0.2) is 10.1 Å². The van der Waals surface area contributed by atoms with Crippen LogP contribution in [0, 0.1) is 0 Å². The van der Waals surface area contributed by atoms with Crippen molar-refractivity contribution < 1.29 is 9.84 Å². The summed E-state index contributed by atoms with van der Waals surface area (Å²) in [5.41, 5.74) is 0.681. The number of hydrogen-bond donors (Lipinski definition) is 1. The molecule has 0 aliphatic heterocycles. The first kappa shape index (κ1) is 10.9. The predicted molar refractivity (Wildman–Crippen MR) is 61.7 cm³/mol. The zero-order valence-corrected chi connectivity index (χ0v) is 9.19. The van der Waals surface area contributed by atoms with Crippen LogP contribution in [0.25, 0.3) is 0 Å². The highest BCUT2D eigenvalue weighted by Gasteiger charge is 2.02. The first-order valence-corrected chi connectivity index (χ1v) is 5.14. The molecule has 0 saturated carbocycles. The van der Waals surface area contributed by atoms with Crippen LogP contribution in [0.15, 0.2) is 42.7 Å². The summed E-state index contributed by atoms with van der Waals surface area (Å²) in [4.78, 5) is 3.94. The minimum Gasteiger partial charge on any atom is -0.456 e. The monoisotopic (exact) mass is 235 g/mol. The van der Waals surface area contributed by atoms with E-state index in [2.05, 4.69) is 4.98 Å². The van der Waals surface area contributed by atoms with E-state index in [-0.39, 0.29) is 6.61 Å². The van der Waals surface area contributed by atoms with E-state index in [4.69, 9.17) is 21.4 Å². The summed E-state index contributed by atoms with van der Waals surface area (Å²) in [5.74, 6) is 1.27. The Balaban J connectivity index is 2.20. The van der Waals surface area contributed by atoms with E-state index in [0.717, 1.165) is 0 Å². The van der Waals surface area contributed by atoms with Crippen molar-refractivity contribution in [1.82, 2.24) is 4.98 Å². The van der Waals surface area contributed by atoms with Crippen molar-refractivity contribution in [3.63, 3.8) is 0 Å². The highest BCUT2D eigenvalue weighted by Crippen LogP contribution is 2.26. The second-order valence-electron chi connectivity index (χ2n) is 3.20. The van der Waals surface area contributed by atoms with Gasteiger partial charge in [0.1, 0.15) is 11.5 Å². The van der Waals surface area contributed by atoms with Crippen molar-refractivity contribution in [2.24, 2.45) is 0 Å². The van der Waals surface area contributed by atoms with Crippen molar-refractivity contribution in [2.75, 3.05) is 0 Å². The number of halogens is 1. The number of aliphatic hydroxyl groups is 1. The maximum Gasteiger partial charge on any atom is 0.145 e. The van der Waals surface area contributed by atoms with Gasteiger partial charge >= 0.3 is 0 Å². The Bertz CT molecular complexity index is 474. The quantitative estimate of drug-likeness (QED) is 0.889. The van der Waals surface area contributed by atoms with E-state index in [1.54, 1.807) is 42.7 Å². The third-order valence-electron chi connectivity index (χ3n) is 2.06. The molecule has 0 amide bonds. The lowest BCUT2D eigenvalue weighted by Gasteiger charge is -2.06. The molecule has 0 bridgehead atoms. The fourth-order valence-corrected chi connectivity index (χ4v) is 1.49. The fraction of sp³-hybridized carbons (Fsp3) is 0.0833. The van der Waals surface area contributed by atoms with Crippen molar-refractivity contribution in [3.8, 4) is 11.5 Å². The normalized spacial score (nSPS) is 10.1.